The van der Waals surface area contributed by atoms with E-state index in [-0.39, 0.29) is 12.4 Å². The van der Waals surface area contributed by atoms with Crippen molar-refractivity contribution in [2.75, 3.05) is 6.61 Å². The molecule has 0 heterocycles. The molecule has 0 unspecified atom stereocenters. The Balaban J connectivity index is 2.87. The minimum absolute atomic E-state index is 0.00381. The SMILES string of the molecule is CCOC(=O)[C@@](O)(CC(=O)Oc1ccccc1)C(F)(F)F. The minimum atomic E-state index is -5.37. The summed E-state index contributed by atoms with van der Waals surface area (Å²) in [5.41, 5.74) is -3.94. The predicted molar refractivity (Wildman–Crippen MR) is 64.3 cm³/mol. The third-order valence-electron chi connectivity index (χ3n) is 2.46. The van der Waals surface area contributed by atoms with E-state index in [1.54, 1.807) is 6.07 Å². The van der Waals surface area contributed by atoms with E-state index >= 15 is 0 Å². The number of carbonyl (C=O) groups excluding carboxylic acids is 2. The maximum Gasteiger partial charge on any atom is 0.428 e. The number of ether oxygens (including phenoxy) is 2. The lowest BCUT2D eigenvalue weighted by Gasteiger charge is -2.26. The summed E-state index contributed by atoms with van der Waals surface area (Å²) < 4.78 is 47.3. The van der Waals surface area contributed by atoms with Crippen molar-refractivity contribution in [2.24, 2.45) is 0 Å². The molecule has 0 spiro atoms. The standard InChI is InChI=1S/C13H13F3O5/c1-2-20-11(18)12(19,13(14,15)16)8-10(17)21-9-6-4-3-5-7-9/h3-7,19H,2,8H2,1H3/t12-/m0/s1. The Morgan fingerprint density at radius 1 is 1.19 bits per heavy atom. The molecule has 1 aromatic rings. The zero-order valence-corrected chi connectivity index (χ0v) is 11.0. The van der Waals surface area contributed by atoms with E-state index in [4.69, 9.17) is 0 Å². The monoisotopic (exact) mass is 306 g/mol. The van der Waals surface area contributed by atoms with E-state index < -0.39 is 30.1 Å². The van der Waals surface area contributed by atoms with Crippen molar-refractivity contribution in [2.45, 2.75) is 25.1 Å². The summed E-state index contributed by atoms with van der Waals surface area (Å²) in [6.45, 7) is 0.905. The molecule has 1 atom stereocenters. The Labute approximate surface area is 118 Å². The molecule has 0 bridgehead atoms. The van der Waals surface area contributed by atoms with Crippen molar-refractivity contribution < 1.29 is 37.3 Å². The summed E-state index contributed by atoms with van der Waals surface area (Å²) in [5, 5.41) is 9.50. The van der Waals surface area contributed by atoms with E-state index in [1.807, 2.05) is 0 Å². The second-order valence-electron chi connectivity index (χ2n) is 4.04. The third-order valence-corrected chi connectivity index (χ3v) is 2.46. The highest BCUT2D eigenvalue weighted by Gasteiger charge is 2.62. The van der Waals surface area contributed by atoms with Gasteiger partial charge in [0.25, 0.3) is 5.60 Å². The minimum Gasteiger partial charge on any atom is -0.464 e. The van der Waals surface area contributed by atoms with E-state index in [1.165, 1.54) is 31.2 Å². The molecule has 5 nitrogen and oxygen atoms in total. The summed E-state index contributed by atoms with van der Waals surface area (Å²) >= 11 is 0. The van der Waals surface area contributed by atoms with Crippen molar-refractivity contribution >= 4 is 11.9 Å². The lowest BCUT2D eigenvalue weighted by Crippen LogP contribution is -2.54. The Kier molecular flexibility index (Phi) is 5.31. The molecule has 0 aliphatic heterocycles. The molecule has 0 radical (unpaired) electrons. The van der Waals surface area contributed by atoms with Gasteiger partial charge in [0, 0.05) is 0 Å². The fourth-order valence-electron chi connectivity index (χ4n) is 1.40. The first-order valence-corrected chi connectivity index (χ1v) is 5.92. The van der Waals surface area contributed by atoms with Crippen LogP contribution in [0.25, 0.3) is 0 Å². The Morgan fingerprint density at radius 2 is 1.76 bits per heavy atom. The van der Waals surface area contributed by atoms with Gasteiger partial charge in [0.2, 0.25) is 0 Å². The number of halogens is 3. The summed E-state index contributed by atoms with van der Waals surface area (Å²) in [6, 6.07) is 7.31. The van der Waals surface area contributed by atoms with Crippen LogP contribution in [-0.2, 0) is 14.3 Å². The van der Waals surface area contributed by atoms with Crippen LogP contribution in [0.2, 0.25) is 0 Å². The highest BCUT2D eigenvalue weighted by atomic mass is 19.4. The van der Waals surface area contributed by atoms with Crippen molar-refractivity contribution in [3.05, 3.63) is 30.3 Å². The van der Waals surface area contributed by atoms with Gasteiger partial charge in [0.15, 0.2) is 0 Å². The van der Waals surface area contributed by atoms with Crippen LogP contribution in [0.3, 0.4) is 0 Å². The number of rotatable bonds is 5. The van der Waals surface area contributed by atoms with Crippen LogP contribution < -0.4 is 4.74 Å². The van der Waals surface area contributed by atoms with Gasteiger partial charge in [-0.15, -0.1) is 0 Å². The summed E-state index contributed by atoms with van der Waals surface area (Å²) in [5.74, 6) is -3.35. The largest absolute Gasteiger partial charge is 0.464 e. The molecule has 0 aliphatic rings. The number of para-hydroxylation sites is 1. The fraction of sp³-hybridized carbons (Fsp3) is 0.385. The van der Waals surface area contributed by atoms with Gasteiger partial charge in [-0.3, -0.25) is 4.79 Å². The molecule has 0 saturated carbocycles. The molecule has 0 amide bonds. The average Bonchev–Trinajstić information content (AvgIpc) is 2.38. The predicted octanol–water partition coefficient (Wildman–Crippen LogP) is 1.84. The molecular weight excluding hydrogens is 293 g/mol. The van der Waals surface area contributed by atoms with Gasteiger partial charge in [-0.2, -0.15) is 13.2 Å². The topological polar surface area (TPSA) is 72.8 Å². The van der Waals surface area contributed by atoms with Crippen molar-refractivity contribution in [1.29, 1.82) is 0 Å². The van der Waals surface area contributed by atoms with Crippen molar-refractivity contribution in [3.63, 3.8) is 0 Å². The summed E-state index contributed by atoms with van der Waals surface area (Å²) in [6.07, 6.45) is -6.96. The second-order valence-corrected chi connectivity index (χ2v) is 4.04. The first-order valence-electron chi connectivity index (χ1n) is 5.92. The lowest BCUT2D eigenvalue weighted by molar-refractivity contribution is -0.264. The van der Waals surface area contributed by atoms with Crippen LogP contribution in [0.5, 0.6) is 5.75 Å². The average molecular weight is 306 g/mol. The Hall–Kier alpha value is -2.09. The molecule has 1 aromatic carbocycles. The molecule has 116 valence electrons. The first kappa shape index (κ1) is 17.0. The van der Waals surface area contributed by atoms with E-state index in [0.717, 1.165) is 0 Å². The number of hydrogen-bond acceptors (Lipinski definition) is 5. The van der Waals surface area contributed by atoms with Gasteiger partial charge in [0.05, 0.1) is 13.0 Å². The lowest BCUT2D eigenvalue weighted by atomic mass is 9.99. The number of carbonyl (C=O) groups is 2. The molecule has 0 aliphatic carbocycles. The number of hydrogen-bond donors (Lipinski definition) is 1. The molecule has 1 N–H and O–H groups in total. The zero-order chi connectivity index (χ0) is 16.1. The van der Waals surface area contributed by atoms with Crippen LogP contribution in [-0.4, -0.2) is 35.4 Å². The van der Waals surface area contributed by atoms with Gasteiger partial charge < -0.3 is 14.6 Å². The Bertz CT molecular complexity index is 500. The zero-order valence-electron chi connectivity index (χ0n) is 11.0. The maximum absolute atomic E-state index is 12.8. The molecule has 21 heavy (non-hydrogen) atoms. The first-order chi connectivity index (χ1) is 9.70. The van der Waals surface area contributed by atoms with Gasteiger partial charge >= 0.3 is 18.1 Å². The van der Waals surface area contributed by atoms with Gasteiger partial charge in [-0.1, -0.05) is 18.2 Å². The van der Waals surface area contributed by atoms with Crippen molar-refractivity contribution in [1.82, 2.24) is 0 Å². The quantitative estimate of drug-likeness (QED) is 0.664. The normalized spacial score (nSPS) is 14.1. The van der Waals surface area contributed by atoms with Gasteiger partial charge in [-0.05, 0) is 19.1 Å². The van der Waals surface area contributed by atoms with Crippen molar-refractivity contribution in [3.8, 4) is 5.75 Å². The van der Waals surface area contributed by atoms with Gasteiger partial charge in [-0.25, -0.2) is 4.79 Å². The third kappa shape index (κ3) is 4.19. The number of aliphatic hydroxyl groups is 1. The van der Waals surface area contributed by atoms with Crippen LogP contribution in [0.15, 0.2) is 30.3 Å². The molecule has 0 fully saturated rings. The van der Waals surface area contributed by atoms with E-state index in [0.29, 0.717) is 0 Å². The summed E-state index contributed by atoms with van der Waals surface area (Å²) in [7, 11) is 0. The second kappa shape index (κ2) is 6.57. The number of benzene rings is 1. The Morgan fingerprint density at radius 3 is 2.24 bits per heavy atom. The van der Waals surface area contributed by atoms with Crippen LogP contribution in [0.1, 0.15) is 13.3 Å². The maximum atomic E-state index is 12.8. The molecule has 0 aromatic heterocycles. The highest BCUT2D eigenvalue weighted by Crippen LogP contribution is 2.34. The van der Waals surface area contributed by atoms with Crippen LogP contribution >= 0.6 is 0 Å². The van der Waals surface area contributed by atoms with Crippen LogP contribution in [0.4, 0.5) is 13.2 Å². The molecule has 0 saturated heterocycles. The highest BCUT2D eigenvalue weighted by molar-refractivity contribution is 5.87. The molecule has 1 rings (SSSR count). The number of alkyl halides is 3. The van der Waals surface area contributed by atoms with Gasteiger partial charge in [0.1, 0.15) is 5.75 Å². The smallest absolute Gasteiger partial charge is 0.428 e. The van der Waals surface area contributed by atoms with E-state index in [2.05, 4.69) is 9.47 Å². The van der Waals surface area contributed by atoms with Crippen LogP contribution in [0, 0.1) is 0 Å². The fourth-order valence-corrected chi connectivity index (χ4v) is 1.40. The number of esters is 2. The summed E-state index contributed by atoms with van der Waals surface area (Å²) in [4.78, 5) is 22.8. The van der Waals surface area contributed by atoms with E-state index in [9.17, 15) is 27.9 Å². The molecule has 8 heteroatoms. The molecular formula is C13H13F3O5.